The smallest absolute Gasteiger partial charge is 0.142 e. The Hall–Kier alpha value is -1.57. The quantitative estimate of drug-likeness (QED) is 0.434. The third kappa shape index (κ3) is 2.44. The minimum Gasteiger partial charge on any atom is -0.399 e. The molecule has 0 aliphatic carbocycles. The summed E-state index contributed by atoms with van der Waals surface area (Å²) in [7, 11) is 0. The lowest BCUT2D eigenvalue weighted by molar-refractivity contribution is -0.104. The molecular formula is C11H13NO. The number of hydrogen-bond donors (Lipinski definition) is 1. The summed E-state index contributed by atoms with van der Waals surface area (Å²) in [5.41, 5.74) is 8.68. The number of benzene rings is 1. The van der Waals surface area contributed by atoms with Crippen LogP contribution in [-0.2, 0) is 11.2 Å². The van der Waals surface area contributed by atoms with Gasteiger partial charge in [0, 0.05) is 5.69 Å². The molecule has 1 rings (SSSR count). The van der Waals surface area contributed by atoms with E-state index in [0.717, 1.165) is 29.5 Å². The van der Waals surface area contributed by atoms with Gasteiger partial charge >= 0.3 is 0 Å². The van der Waals surface area contributed by atoms with E-state index in [-0.39, 0.29) is 0 Å². The number of allylic oxidation sites excluding steroid dienone is 1. The summed E-state index contributed by atoms with van der Waals surface area (Å²) in [4.78, 5) is 10.1. The second-order valence-corrected chi connectivity index (χ2v) is 2.81. The second-order valence-electron chi connectivity index (χ2n) is 2.81. The van der Waals surface area contributed by atoms with E-state index >= 15 is 0 Å². The van der Waals surface area contributed by atoms with Crippen molar-refractivity contribution in [2.75, 3.05) is 5.73 Å². The lowest BCUT2D eigenvalue weighted by Crippen LogP contribution is -1.92. The Morgan fingerprint density at radius 2 is 2.23 bits per heavy atom. The van der Waals surface area contributed by atoms with E-state index in [1.54, 1.807) is 6.08 Å². The van der Waals surface area contributed by atoms with Crippen molar-refractivity contribution >= 4 is 18.0 Å². The van der Waals surface area contributed by atoms with E-state index in [4.69, 9.17) is 5.73 Å². The average Bonchev–Trinajstić information content (AvgIpc) is 2.16. The van der Waals surface area contributed by atoms with Gasteiger partial charge in [-0.25, -0.2) is 0 Å². The maximum Gasteiger partial charge on any atom is 0.142 e. The zero-order valence-electron chi connectivity index (χ0n) is 7.66. The molecule has 0 aliphatic heterocycles. The third-order valence-corrected chi connectivity index (χ3v) is 1.92. The van der Waals surface area contributed by atoms with Crippen LogP contribution in [0.2, 0.25) is 0 Å². The summed E-state index contributed by atoms with van der Waals surface area (Å²) in [6.07, 6.45) is 4.92. The maximum atomic E-state index is 10.1. The van der Waals surface area contributed by atoms with E-state index in [2.05, 4.69) is 6.92 Å². The van der Waals surface area contributed by atoms with Gasteiger partial charge in [-0.05, 0) is 35.8 Å². The molecule has 68 valence electrons. The van der Waals surface area contributed by atoms with Gasteiger partial charge in [0.2, 0.25) is 0 Å². The molecule has 0 bridgehead atoms. The molecule has 0 atom stereocenters. The van der Waals surface area contributed by atoms with Crippen molar-refractivity contribution in [3.05, 3.63) is 35.4 Å². The summed E-state index contributed by atoms with van der Waals surface area (Å²) in [5, 5.41) is 0. The maximum absolute atomic E-state index is 10.1. The minimum atomic E-state index is 0.766. The van der Waals surface area contributed by atoms with Crippen molar-refractivity contribution in [1.82, 2.24) is 0 Å². The summed E-state index contributed by atoms with van der Waals surface area (Å²) >= 11 is 0. The Balaban J connectivity index is 2.99. The van der Waals surface area contributed by atoms with Crippen LogP contribution in [0.5, 0.6) is 0 Å². The van der Waals surface area contributed by atoms with Crippen LogP contribution in [0.25, 0.3) is 6.08 Å². The van der Waals surface area contributed by atoms with E-state index in [0.29, 0.717) is 0 Å². The molecule has 0 saturated heterocycles. The van der Waals surface area contributed by atoms with Crippen molar-refractivity contribution in [3.8, 4) is 0 Å². The molecular weight excluding hydrogens is 162 g/mol. The fraction of sp³-hybridized carbons (Fsp3) is 0.182. The van der Waals surface area contributed by atoms with Crippen LogP contribution in [0.15, 0.2) is 24.3 Å². The molecule has 0 spiro atoms. The van der Waals surface area contributed by atoms with Crippen LogP contribution >= 0.6 is 0 Å². The number of aldehydes is 1. The van der Waals surface area contributed by atoms with Crippen molar-refractivity contribution in [1.29, 1.82) is 0 Å². The van der Waals surface area contributed by atoms with Gasteiger partial charge in [-0.1, -0.05) is 19.1 Å². The monoisotopic (exact) mass is 175 g/mol. The fourth-order valence-electron chi connectivity index (χ4n) is 1.19. The first-order chi connectivity index (χ1) is 6.27. The van der Waals surface area contributed by atoms with Crippen LogP contribution in [-0.4, -0.2) is 6.29 Å². The van der Waals surface area contributed by atoms with E-state index < -0.39 is 0 Å². The van der Waals surface area contributed by atoms with Gasteiger partial charge in [-0.2, -0.15) is 0 Å². The molecule has 1 aromatic rings. The molecule has 2 N–H and O–H groups in total. The highest BCUT2D eigenvalue weighted by Crippen LogP contribution is 2.15. The molecule has 2 nitrogen and oxygen atoms in total. The highest BCUT2D eigenvalue weighted by molar-refractivity contribution is 5.74. The zero-order valence-corrected chi connectivity index (χ0v) is 7.66. The Bertz CT molecular complexity index is 329. The number of carbonyl (C=O) groups excluding carboxylic acids is 1. The van der Waals surface area contributed by atoms with Crippen molar-refractivity contribution in [3.63, 3.8) is 0 Å². The molecule has 0 aliphatic rings. The topological polar surface area (TPSA) is 43.1 Å². The number of aryl methyl sites for hydroxylation is 1. The van der Waals surface area contributed by atoms with Gasteiger partial charge < -0.3 is 5.73 Å². The third-order valence-electron chi connectivity index (χ3n) is 1.92. The molecule has 0 aromatic heterocycles. The van der Waals surface area contributed by atoms with Crippen molar-refractivity contribution in [2.24, 2.45) is 0 Å². The Morgan fingerprint density at radius 3 is 2.85 bits per heavy atom. The SMILES string of the molecule is CCc1cc(C=CC=O)ccc1N. The van der Waals surface area contributed by atoms with Crippen LogP contribution in [0, 0.1) is 0 Å². The number of hydrogen-bond acceptors (Lipinski definition) is 2. The second kappa shape index (κ2) is 4.45. The Morgan fingerprint density at radius 1 is 1.46 bits per heavy atom. The molecule has 0 fully saturated rings. The highest BCUT2D eigenvalue weighted by atomic mass is 16.1. The Kier molecular flexibility index (Phi) is 3.26. The lowest BCUT2D eigenvalue weighted by atomic mass is 10.1. The number of carbonyl (C=O) groups is 1. The van der Waals surface area contributed by atoms with E-state index in [9.17, 15) is 4.79 Å². The fourth-order valence-corrected chi connectivity index (χ4v) is 1.19. The van der Waals surface area contributed by atoms with Crippen LogP contribution in [0.3, 0.4) is 0 Å². The van der Waals surface area contributed by atoms with Gasteiger partial charge in [-0.3, -0.25) is 4.79 Å². The Labute approximate surface area is 78.1 Å². The first kappa shape index (κ1) is 9.52. The van der Waals surface area contributed by atoms with Gasteiger partial charge in [0.1, 0.15) is 6.29 Å². The standard InChI is InChI=1S/C11H13NO/c1-2-10-8-9(4-3-7-13)5-6-11(10)12/h3-8H,2,12H2,1H3. The summed E-state index contributed by atoms with van der Waals surface area (Å²) < 4.78 is 0. The van der Waals surface area contributed by atoms with E-state index in [1.165, 1.54) is 6.08 Å². The van der Waals surface area contributed by atoms with Gasteiger partial charge in [0.05, 0.1) is 0 Å². The van der Waals surface area contributed by atoms with Crippen LogP contribution in [0.1, 0.15) is 18.1 Å². The number of nitrogen functional groups attached to an aromatic ring is 1. The van der Waals surface area contributed by atoms with Crippen molar-refractivity contribution in [2.45, 2.75) is 13.3 Å². The summed E-state index contributed by atoms with van der Waals surface area (Å²) in [6.45, 7) is 2.05. The summed E-state index contributed by atoms with van der Waals surface area (Å²) in [5.74, 6) is 0. The lowest BCUT2D eigenvalue weighted by Gasteiger charge is -2.03. The average molecular weight is 175 g/mol. The van der Waals surface area contributed by atoms with Crippen molar-refractivity contribution < 1.29 is 4.79 Å². The van der Waals surface area contributed by atoms with Gasteiger partial charge in [-0.15, -0.1) is 0 Å². The molecule has 0 unspecified atom stereocenters. The van der Waals surface area contributed by atoms with Crippen LogP contribution < -0.4 is 5.73 Å². The highest BCUT2D eigenvalue weighted by Gasteiger charge is 1.96. The zero-order chi connectivity index (χ0) is 9.68. The first-order valence-corrected chi connectivity index (χ1v) is 4.28. The molecule has 2 heteroatoms. The van der Waals surface area contributed by atoms with Gasteiger partial charge in [0.25, 0.3) is 0 Å². The molecule has 0 radical (unpaired) electrons. The predicted octanol–water partition coefficient (Wildman–Crippen LogP) is 2.04. The summed E-state index contributed by atoms with van der Waals surface area (Å²) in [6, 6.07) is 5.76. The molecule has 0 saturated carbocycles. The largest absolute Gasteiger partial charge is 0.399 e. The minimum absolute atomic E-state index is 0.766. The molecule has 0 heterocycles. The molecule has 0 amide bonds. The van der Waals surface area contributed by atoms with E-state index in [1.807, 2.05) is 18.2 Å². The van der Waals surface area contributed by atoms with Crippen LogP contribution in [0.4, 0.5) is 5.69 Å². The number of nitrogens with two attached hydrogens (primary N) is 1. The molecule has 13 heavy (non-hydrogen) atoms. The first-order valence-electron chi connectivity index (χ1n) is 4.28. The molecule has 1 aromatic carbocycles. The predicted molar refractivity (Wildman–Crippen MR) is 55.3 cm³/mol. The normalized spacial score (nSPS) is 10.5. The number of rotatable bonds is 3. The number of anilines is 1. The van der Waals surface area contributed by atoms with Gasteiger partial charge in [0.15, 0.2) is 0 Å².